The van der Waals surface area contributed by atoms with Crippen LogP contribution in [0.15, 0.2) is 41.4 Å². The number of ether oxygens (including phenoxy) is 1. The highest BCUT2D eigenvalue weighted by Gasteiger charge is 2.58. The number of halogens is 1. The minimum Gasteiger partial charge on any atom is -0.381 e. The number of benzene rings is 2. The van der Waals surface area contributed by atoms with Gasteiger partial charge in [0, 0.05) is 23.3 Å². The molecular weight excluding hydrogens is 420 g/mol. The van der Waals surface area contributed by atoms with Gasteiger partial charge in [0.1, 0.15) is 5.66 Å². The summed E-state index contributed by atoms with van der Waals surface area (Å²) in [7, 11) is 1.81. The van der Waals surface area contributed by atoms with E-state index in [1.807, 2.05) is 26.2 Å². The van der Waals surface area contributed by atoms with Crippen LogP contribution in [0.2, 0.25) is 5.02 Å². The van der Waals surface area contributed by atoms with Crippen molar-refractivity contribution < 1.29 is 4.74 Å². The number of aryl methyl sites for hydroxylation is 1. The first kappa shape index (κ1) is 21.6. The molecule has 2 aromatic rings. The fourth-order valence-electron chi connectivity index (χ4n) is 6.07. The molecule has 2 aromatic carbocycles. The number of nitriles is 1. The van der Waals surface area contributed by atoms with Gasteiger partial charge in [-0.05, 0) is 92.0 Å². The molecule has 0 saturated heterocycles. The summed E-state index contributed by atoms with van der Waals surface area (Å²) in [6.07, 6.45) is 6.38. The molecular formula is C26H29ClN4O. The molecule has 2 aliphatic carbocycles. The van der Waals surface area contributed by atoms with Gasteiger partial charge in [0.25, 0.3) is 0 Å². The lowest BCUT2D eigenvalue weighted by Crippen LogP contribution is -2.59. The molecule has 32 heavy (non-hydrogen) atoms. The normalized spacial score (nSPS) is 31.4. The molecule has 2 unspecified atom stereocenters. The van der Waals surface area contributed by atoms with E-state index in [1.54, 1.807) is 6.07 Å². The van der Waals surface area contributed by atoms with Crippen LogP contribution in [0.4, 0.5) is 0 Å². The van der Waals surface area contributed by atoms with Crippen molar-refractivity contribution in [2.45, 2.75) is 63.4 Å². The van der Waals surface area contributed by atoms with Crippen molar-refractivity contribution in [1.29, 1.82) is 5.26 Å². The van der Waals surface area contributed by atoms with Crippen LogP contribution in [0.1, 0.15) is 55.7 Å². The number of fused-ring (bicyclic) bond motifs is 3. The first-order valence-corrected chi connectivity index (χ1v) is 11.7. The molecule has 0 bridgehead atoms. The smallest absolute Gasteiger partial charge is 0.143 e. The van der Waals surface area contributed by atoms with Gasteiger partial charge in [-0.25, -0.2) is 0 Å². The van der Waals surface area contributed by atoms with Gasteiger partial charge in [-0.1, -0.05) is 23.7 Å². The van der Waals surface area contributed by atoms with Crippen molar-refractivity contribution >= 4 is 17.3 Å². The Bertz CT molecular complexity index is 1130. The van der Waals surface area contributed by atoms with E-state index in [0.717, 1.165) is 55.4 Å². The highest BCUT2D eigenvalue weighted by molar-refractivity contribution is 6.31. The quantitative estimate of drug-likeness (QED) is 0.684. The lowest BCUT2D eigenvalue weighted by Gasteiger charge is -2.54. The molecule has 166 valence electrons. The number of aliphatic imine (C=N–C) groups is 1. The first-order valence-electron chi connectivity index (χ1n) is 11.4. The Morgan fingerprint density at radius 1 is 1.16 bits per heavy atom. The number of rotatable bonds is 2. The highest BCUT2D eigenvalue weighted by atomic mass is 35.5. The van der Waals surface area contributed by atoms with Crippen LogP contribution in [0.25, 0.3) is 11.1 Å². The number of nitrogens with two attached hydrogens (primary N) is 1. The average Bonchev–Trinajstić information content (AvgIpc) is 3.12. The minimum absolute atomic E-state index is 0.00911. The highest BCUT2D eigenvalue weighted by Crippen LogP contribution is 2.58. The van der Waals surface area contributed by atoms with Gasteiger partial charge in [-0.3, -0.25) is 10.3 Å². The van der Waals surface area contributed by atoms with E-state index in [9.17, 15) is 5.26 Å². The maximum absolute atomic E-state index is 9.40. The van der Waals surface area contributed by atoms with Gasteiger partial charge in [-0.15, -0.1) is 0 Å². The van der Waals surface area contributed by atoms with Gasteiger partial charge in [-0.2, -0.15) is 5.26 Å². The molecule has 0 aromatic heterocycles. The van der Waals surface area contributed by atoms with Crippen molar-refractivity contribution in [2.75, 3.05) is 7.11 Å². The van der Waals surface area contributed by atoms with Crippen LogP contribution in [-0.4, -0.2) is 25.1 Å². The fraction of sp³-hybridized carbons (Fsp3) is 0.462. The lowest BCUT2D eigenvalue weighted by molar-refractivity contribution is -0.0314. The van der Waals surface area contributed by atoms with Crippen molar-refractivity contribution in [3.8, 4) is 17.2 Å². The Morgan fingerprint density at radius 3 is 2.59 bits per heavy atom. The third-order valence-electron chi connectivity index (χ3n) is 7.88. The van der Waals surface area contributed by atoms with Gasteiger partial charge in [0.2, 0.25) is 0 Å². The SMILES string of the molecule is CO[C@H]1CC[C@@]2(CCc3ccc(-c4cc(Cl)cc(C#N)c4)cc3C23N=C(C)C(N)N3)CC1. The fourth-order valence-corrected chi connectivity index (χ4v) is 6.30. The van der Waals surface area contributed by atoms with Gasteiger partial charge in [0.05, 0.1) is 23.9 Å². The Balaban J connectivity index is 1.66. The van der Waals surface area contributed by atoms with E-state index in [4.69, 9.17) is 27.1 Å². The summed E-state index contributed by atoms with van der Waals surface area (Å²) in [6, 6.07) is 14.3. The van der Waals surface area contributed by atoms with E-state index in [0.29, 0.717) is 16.7 Å². The molecule has 3 N–H and O–H groups in total. The lowest BCUT2D eigenvalue weighted by atomic mass is 9.57. The zero-order chi connectivity index (χ0) is 22.5. The van der Waals surface area contributed by atoms with E-state index < -0.39 is 5.66 Å². The van der Waals surface area contributed by atoms with E-state index in [2.05, 4.69) is 29.6 Å². The summed E-state index contributed by atoms with van der Waals surface area (Å²) < 4.78 is 5.68. The van der Waals surface area contributed by atoms with Crippen molar-refractivity contribution in [3.05, 3.63) is 58.1 Å². The van der Waals surface area contributed by atoms with Gasteiger partial charge in [0.15, 0.2) is 0 Å². The second-order valence-corrected chi connectivity index (χ2v) is 9.95. The molecule has 1 saturated carbocycles. The third kappa shape index (κ3) is 3.29. The molecule has 1 heterocycles. The summed E-state index contributed by atoms with van der Waals surface area (Å²) in [5.41, 5.74) is 12.0. The summed E-state index contributed by atoms with van der Waals surface area (Å²) in [6.45, 7) is 2.02. The second kappa shape index (κ2) is 7.97. The zero-order valence-electron chi connectivity index (χ0n) is 18.6. The summed E-state index contributed by atoms with van der Waals surface area (Å²) in [5.74, 6) is 0. The Labute approximate surface area is 194 Å². The first-order chi connectivity index (χ1) is 15.4. The van der Waals surface area contributed by atoms with Crippen LogP contribution < -0.4 is 11.1 Å². The molecule has 1 fully saturated rings. The molecule has 5 rings (SSSR count). The predicted octanol–water partition coefficient (Wildman–Crippen LogP) is 4.90. The van der Waals surface area contributed by atoms with Crippen LogP contribution in [0, 0.1) is 16.7 Å². The van der Waals surface area contributed by atoms with Crippen LogP contribution in [-0.2, 0) is 16.8 Å². The maximum atomic E-state index is 9.40. The van der Waals surface area contributed by atoms with Crippen molar-refractivity contribution in [3.63, 3.8) is 0 Å². The molecule has 2 atom stereocenters. The van der Waals surface area contributed by atoms with E-state index in [-0.39, 0.29) is 11.6 Å². The Hall–Kier alpha value is -2.23. The predicted molar refractivity (Wildman–Crippen MR) is 128 cm³/mol. The molecule has 5 nitrogen and oxygen atoms in total. The zero-order valence-corrected chi connectivity index (χ0v) is 19.4. The Kier molecular flexibility index (Phi) is 5.38. The van der Waals surface area contributed by atoms with Crippen LogP contribution in [0.5, 0.6) is 0 Å². The van der Waals surface area contributed by atoms with Crippen LogP contribution in [0.3, 0.4) is 0 Å². The number of hydrogen-bond donors (Lipinski definition) is 2. The molecule has 6 heteroatoms. The standard InChI is InChI=1S/C26H29ClN4O/c1-16-24(29)31-26(30-16)23-14-19(20-11-17(15-28)12-21(27)13-20)4-3-18(23)5-8-25(26)9-6-22(32-2)7-10-25/h3-4,11-14,22,24,31H,5-10,29H2,1-2H3/t22-,24?,25-,26?. The molecule has 0 amide bonds. The van der Waals surface area contributed by atoms with Crippen molar-refractivity contribution in [2.24, 2.45) is 16.1 Å². The monoisotopic (exact) mass is 448 g/mol. The summed E-state index contributed by atoms with van der Waals surface area (Å²) >= 11 is 6.31. The maximum Gasteiger partial charge on any atom is 0.143 e. The number of methoxy groups -OCH3 is 1. The second-order valence-electron chi connectivity index (χ2n) is 9.51. The molecule has 3 aliphatic rings. The summed E-state index contributed by atoms with van der Waals surface area (Å²) in [5, 5.41) is 13.7. The topological polar surface area (TPSA) is 83.4 Å². The summed E-state index contributed by atoms with van der Waals surface area (Å²) in [4.78, 5) is 5.28. The minimum atomic E-state index is -0.532. The van der Waals surface area contributed by atoms with E-state index >= 15 is 0 Å². The van der Waals surface area contributed by atoms with E-state index in [1.165, 1.54) is 11.1 Å². The van der Waals surface area contributed by atoms with Crippen molar-refractivity contribution in [1.82, 2.24) is 5.32 Å². The average molecular weight is 449 g/mol. The number of nitrogens with zero attached hydrogens (tertiary/aromatic N) is 2. The largest absolute Gasteiger partial charge is 0.381 e. The molecule has 1 aliphatic heterocycles. The van der Waals surface area contributed by atoms with Crippen LogP contribution >= 0.6 is 11.6 Å². The number of nitrogens with one attached hydrogen (secondary N) is 1. The van der Waals surface area contributed by atoms with Gasteiger partial charge >= 0.3 is 0 Å². The molecule has 0 radical (unpaired) electrons. The Morgan fingerprint density at radius 2 is 1.94 bits per heavy atom. The number of hydrogen-bond acceptors (Lipinski definition) is 5. The van der Waals surface area contributed by atoms with Gasteiger partial charge < -0.3 is 10.5 Å². The molecule has 2 spiro atoms. The third-order valence-corrected chi connectivity index (χ3v) is 8.10.